The number of benzene rings is 3. The van der Waals surface area contributed by atoms with E-state index in [-0.39, 0.29) is 11.6 Å². The highest BCUT2D eigenvalue weighted by molar-refractivity contribution is 6.51. The molecule has 0 fully saturated rings. The maximum Gasteiger partial charge on any atom is 0.194 e. The molecule has 0 aliphatic heterocycles. The van der Waals surface area contributed by atoms with Gasteiger partial charge in [0.2, 0.25) is 0 Å². The summed E-state index contributed by atoms with van der Waals surface area (Å²) in [6.07, 6.45) is 1.83. The van der Waals surface area contributed by atoms with Crippen LogP contribution in [0.25, 0.3) is 17.2 Å². The van der Waals surface area contributed by atoms with Crippen LogP contribution in [0.5, 0.6) is 0 Å². The lowest BCUT2D eigenvalue weighted by Crippen LogP contribution is -2.20. The van der Waals surface area contributed by atoms with Crippen molar-refractivity contribution in [3.63, 3.8) is 0 Å². The van der Waals surface area contributed by atoms with Crippen LogP contribution in [0.2, 0.25) is 0 Å². The summed E-state index contributed by atoms with van der Waals surface area (Å²) in [6.45, 7) is 0. The summed E-state index contributed by atoms with van der Waals surface area (Å²) < 4.78 is 13.1. The number of allylic oxidation sites excluding steroid dienone is 3. The van der Waals surface area contributed by atoms with Crippen LogP contribution < -0.4 is 0 Å². The van der Waals surface area contributed by atoms with Gasteiger partial charge in [0.15, 0.2) is 5.78 Å². The van der Waals surface area contributed by atoms with Crippen LogP contribution >= 0.6 is 0 Å². The lowest BCUT2D eigenvalue weighted by Gasteiger charge is -2.27. The minimum atomic E-state index is -0.286. The lowest BCUT2D eigenvalue weighted by molar-refractivity contribution is -0.110. The number of carbonyl (C=O) groups excluding carboxylic acids is 1. The van der Waals surface area contributed by atoms with Gasteiger partial charge in [-0.05, 0) is 34.9 Å². The van der Waals surface area contributed by atoms with Gasteiger partial charge in [0, 0.05) is 16.7 Å². The molecule has 2 heteroatoms. The second-order valence-electron chi connectivity index (χ2n) is 5.92. The van der Waals surface area contributed by atoms with Crippen LogP contribution in [-0.4, -0.2) is 5.78 Å². The SMILES string of the molecule is O=C1C(c2ccccc2)=C(c2ccccc2)/C1=C/c1ccc(F)cc1. The van der Waals surface area contributed by atoms with E-state index in [4.69, 9.17) is 0 Å². The van der Waals surface area contributed by atoms with E-state index in [2.05, 4.69) is 0 Å². The maximum absolute atomic E-state index is 13.1. The number of ketones is 1. The van der Waals surface area contributed by atoms with Crippen LogP contribution in [-0.2, 0) is 4.79 Å². The van der Waals surface area contributed by atoms with E-state index >= 15 is 0 Å². The van der Waals surface area contributed by atoms with E-state index in [1.807, 2.05) is 66.7 Å². The summed E-state index contributed by atoms with van der Waals surface area (Å²) in [6, 6.07) is 25.7. The molecule has 0 amide bonds. The third kappa shape index (κ3) is 2.83. The van der Waals surface area contributed by atoms with E-state index in [0.29, 0.717) is 5.57 Å². The van der Waals surface area contributed by atoms with E-state index < -0.39 is 0 Å². The smallest absolute Gasteiger partial charge is 0.194 e. The van der Waals surface area contributed by atoms with Crippen molar-refractivity contribution < 1.29 is 9.18 Å². The summed E-state index contributed by atoms with van der Waals surface area (Å²) in [4.78, 5) is 12.8. The number of hydrogen-bond donors (Lipinski definition) is 0. The number of hydrogen-bond acceptors (Lipinski definition) is 1. The van der Waals surface area contributed by atoms with Crippen molar-refractivity contribution >= 4 is 23.0 Å². The molecule has 1 aliphatic rings. The number of carbonyl (C=O) groups is 1. The minimum absolute atomic E-state index is 0.0226. The quantitative estimate of drug-likeness (QED) is 0.589. The zero-order chi connectivity index (χ0) is 17.2. The third-order valence-electron chi connectivity index (χ3n) is 4.30. The van der Waals surface area contributed by atoms with Crippen LogP contribution in [0, 0.1) is 5.82 Å². The van der Waals surface area contributed by atoms with Crippen LogP contribution in [0.15, 0.2) is 90.5 Å². The van der Waals surface area contributed by atoms with Gasteiger partial charge in [0.05, 0.1) is 0 Å². The molecule has 0 saturated carbocycles. The first-order chi connectivity index (χ1) is 12.2. The average Bonchev–Trinajstić information content (AvgIpc) is 2.66. The Balaban J connectivity index is 1.87. The van der Waals surface area contributed by atoms with Gasteiger partial charge in [0.25, 0.3) is 0 Å². The Kier molecular flexibility index (Phi) is 3.87. The fourth-order valence-corrected chi connectivity index (χ4v) is 3.08. The molecule has 0 spiro atoms. The Bertz CT molecular complexity index is 981. The Morgan fingerprint density at radius 1 is 0.640 bits per heavy atom. The largest absolute Gasteiger partial charge is 0.289 e. The predicted molar refractivity (Wildman–Crippen MR) is 99.1 cm³/mol. The molecule has 3 aromatic rings. The van der Waals surface area contributed by atoms with E-state index in [9.17, 15) is 9.18 Å². The molecule has 25 heavy (non-hydrogen) atoms. The second kappa shape index (κ2) is 6.33. The number of Topliss-reactive ketones (excluding diaryl/α,β-unsaturated/α-hetero) is 1. The Labute approximate surface area is 145 Å². The molecular formula is C23H15FO. The zero-order valence-electron chi connectivity index (χ0n) is 13.4. The fraction of sp³-hybridized carbons (Fsp3) is 0. The van der Waals surface area contributed by atoms with Gasteiger partial charge in [-0.25, -0.2) is 4.39 Å². The molecule has 3 aromatic carbocycles. The fourth-order valence-electron chi connectivity index (χ4n) is 3.08. The second-order valence-corrected chi connectivity index (χ2v) is 5.92. The number of rotatable bonds is 3. The molecule has 0 N–H and O–H groups in total. The minimum Gasteiger partial charge on any atom is -0.289 e. The Morgan fingerprint density at radius 2 is 1.16 bits per heavy atom. The van der Waals surface area contributed by atoms with Gasteiger partial charge < -0.3 is 0 Å². The summed E-state index contributed by atoms with van der Waals surface area (Å²) in [5.41, 5.74) is 5.08. The summed E-state index contributed by atoms with van der Waals surface area (Å²) in [7, 11) is 0. The molecule has 0 heterocycles. The normalized spacial score (nSPS) is 15.4. The molecular weight excluding hydrogens is 311 g/mol. The number of halogens is 1. The van der Waals surface area contributed by atoms with Crippen LogP contribution in [0.3, 0.4) is 0 Å². The zero-order valence-corrected chi connectivity index (χ0v) is 13.4. The average molecular weight is 326 g/mol. The molecule has 0 atom stereocenters. The molecule has 4 rings (SSSR count). The van der Waals surface area contributed by atoms with Crippen molar-refractivity contribution in [1.29, 1.82) is 0 Å². The molecule has 0 saturated heterocycles. The van der Waals surface area contributed by atoms with Gasteiger partial charge in [-0.1, -0.05) is 72.8 Å². The molecule has 1 aliphatic carbocycles. The summed E-state index contributed by atoms with van der Waals surface area (Å²) in [5.74, 6) is -0.264. The first-order valence-electron chi connectivity index (χ1n) is 8.11. The van der Waals surface area contributed by atoms with Crippen molar-refractivity contribution in [2.24, 2.45) is 0 Å². The summed E-state index contributed by atoms with van der Waals surface area (Å²) >= 11 is 0. The Morgan fingerprint density at radius 3 is 1.72 bits per heavy atom. The molecule has 0 aromatic heterocycles. The topological polar surface area (TPSA) is 17.1 Å². The molecule has 1 nitrogen and oxygen atoms in total. The van der Waals surface area contributed by atoms with Gasteiger partial charge in [-0.3, -0.25) is 4.79 Å². The molecule has 0 unspecified atom stereocenters. The van der Waals surface area contributed by atoms with E-state index in [1.54, 1.807) is 12.1 Å². The predicted octanol–water partition coefficient (Wildman–Crippen LogP) is 5.40. The van der Waals surface area contributed by atoms with Crippen LogP contribution in [0.1, 0.15) is 16.7 Å². The summed E-state index contributed by atoms with van der Waals surface area (Å²) in [5, 5.41) is 0. The van der Waals surface area contributed by atoms with Crippen molar-refractivity contribution in [2.75, 3.05) is 0 Å². The highest BCUT2D eigenvalue weighted by atomic mass is 19.1. The van der Waals surface area contributed by atoms with Crippen molar-refractivity contribution in [3.05, 3.63) is 113 Å². The van der Waals surface area contributed by atoms with Crippen molar-refractivity contribution in [2.45, 2.75) is 0 Å². The maximum atomic E-state index is 13.1. The van der Waals surface area contributed by atoms with E-state index in [1.165, 1.54) is 12.1 Å². The lowest BCUT2D eigenvalue weighted by atomic mass is 9.74. The first kappa shape index (κ1) is 15.3. The monoisotopic (exact) mass is 326 g/mol. The van der Waals surface area contributed by atoms with Crippen molar-refractivity contribution in [1.82, 2.24) is 0 Å². The molecule has 120 valence electrons. The van der Waals surface area contributed by atoms with Crippen LogP contribution in [0.4, 0.5) is 4.39 Å². The van der Waals surface area contributed by atoms with Gasteiger partial charge in [0.1, 0.15) is 5.82 Å². The first-order valence-corrected chi connectivity index (χ1v) is 8.11. The Hall–Kier alpha value is -3.26. The third-order valence-corrected chi connectivity index (χ3v) is 4.30. The van der Waals surface area contributed by atoms with Gasteiger partial charge in [-0.2, -0.15) is 0 Å². The highest BCUT2D eigenvalue weighted by Crippen LogP contribution is 2.44. The van der Waals surface area contributed by atoms with Gasteiger partial charge >= 0.3 is 0 Å². The van der Waals surface area contributed by atoms with E-state index in [0.717, 1.165) is 27.8 Å². The molecule has 0 radical (unpaired) electrons. The van der Waals surface area contributed by atoms with Gasteiger partial charge in [-0.15, -0.1) is 0 Å². The highest BCUT2D eigenvalue weighted by Gasteiger charge is 2.34. The molecule has 0 bridgehead atoms. The van der Waals surface area contributed by atoms with Crippen molar-refractivity contribution in [3.8, 4) is 0 Å². The standard InChI is InChI=1S/C23H15FO/c24-19-13-11-16(12-14-19)15-20-21(17-7-3-1-4-8-17)22(23(20)25)18-9-5-2-6-10-18/h1-15H/b20-15-.